The summed E-state index contributed by atoms with van der Waals surface area (Å²) in [4.78, 5) is 5.15. The maximum Gasteiger partial charge on any atom is 0.145 e. The molecule has 0 spiro atoms. The smallest absolute Gasteiger partial charge is 0.145 e. The maximum absolute atomic E-state index is 6.16. The van der Waals surface area contributed by atoms with Crippen molar-refractivity contribution >= 4 is 11.6 Å². The van der Waals surface area contributed by atoms with Crippen LogP contribution in [-0.4, -0.2) is 9.55 Å². The molecule has 0 fully saturated rings. The quantitative estimate of drug-likeness (QED) is 0.301. The molecule has 1 heterocycles. The highest BCUT2D eigenvalue weighted by molar-refractivity contribution is 6.30. The van der Waals surface area contributed by atoms with Gasteiger partial charge in [0.1, 0.15) is 5.82 Å². The molecule has 144 valence electrons. The van der Waals surface area contributed by atoms with Crippen molar-refractivity contribution in [1.82, 2.24) is 9.55 Å². The van der Waals surface area contributed by atoms with Gasteiger partial charge in [0.15, 0.2) is 0 Å². The molecule has 5 rings (SSSR count). The van der Waals surface area contributed by atoms with E-state index in [1.165, 1.54) is 0 Å². The van der Waals surface area contributed by atoms with E-state index in [9.17, 15) is 0 Å². The van der Waals surface area contributed by atoms with Gasteiger partial charge in [-0.25, -0.2) is 4.98 Å². The van der Waals surface area contributed by atoms with Crippen LogP contribution in [0.15, 0.2) is 115 Å². The molecule has 0 unspecified atom stereocenters. The Morgan fingerprint density at radius 2 is 1.07 bits per heavy atom. The van der Waals surface area contributed by atoms with Crippen molar-refractivity contribution in [2.45, 2.75) is 0 Å². The molecule has 1 aromatic heterocycles. The second-order valence-electron chi connectivity index (χ2n) is 7.04. The predicted molar refractivity (Wildman–Crippen MR) is 125 cm³/mol. The van der Waals surface area contributed by atoms with Crippen molar-refractivity contribution in [1.29, 1.82) is 0 Å². The SMILES string of the molecule is Clc1ccc(-c2nc(-c3ccccc3)c(-c3ccccc3)n2-c2ccccc2)cc1. The summed E-state index contributed by atoms with van der Waals surface area (Å²) in [6.07, 6.45) is 0. The fourth-order valence-electron chi connectivity index (χ4n) is 3.70. The number of para-hydroxylation sites is 1. The summed E-state index contributed by atoms with van der Waals surface area (Å²) >= 11 is 6.16. The molecular formula is C27H19ClN2. The van der Waals surface area contributed by atoms with Crippen LogP contribution in [0.3, 0.4) is 0 Å². The van der Waals surface area contributed by atoms with Gasteiger partial charge < -0.3 is 0 Å². The molecule has 0 saturated heterocycles. The van der Waals surface area contributed by atoms with Crippen LogP contribution in [0, 0.1) is 0 Å². The maximum atomic E-state index is 6.16. The van der Waals surface area contributed by atoms with E-state index >= 15 is 0 Å². The third-order valence-corrected chi connectivity index (χ3v) is 5.34. The molecule has 3 heteroatoms. The molecule has 0 saturated carbocycles. The van der Waals surface area contributed by atoms with Crippen LogP contribution in [0.2, 0.25) is 5.02 Å². The number of imidazole rings is 1. The molecule has 0 N–H and O–H groups in total. The van der Waals surface area contributed by atoms with Gasteiger partial charge in [-0.2, -0.15) is 0 Å². The van der Waals surface area contributed by atoms with Crippen molar-refractivity contribution in [2.75, 3.05) is 0 Å². The molecule has 0 radical (unpaired) electrons. The minimum Gasteiger partial charge on any atom is -0.292 e. The minimum atomic E-state index is 0.711. The van der Waals surface area contributed by atoms with Gasteiger partial charge in [-0.15, -0.1) is 0 Å². The fourth-order valence-corrected chi connectivity index (χ4v) is 3.83. The second-order valence-corrected chi connectivity index (χ2v) is 7.48. The third-order valence-electron chi connectivity index (χ3n) is 5.09. The first kappa shape index (κ1) is 18.4. The van der Waals surface area contributed by atoms with E-state index in [0.29, 0.717) is 5.02 Å². The Labute approximate surface area is 181 Å². The molecular weight excluding hydrogens is 388 g/mol. The Hall–Kier alpha value is -3.62. The first-order chi connectivity index (χ1) is 14.8. The average Bonchev–Trinajstić information content (AvgIpc) is 3.22. The van der Waals surface area contributed by atoms with Crippen molar-refractivity contribution in [3.8, 4) is 39.6 Å². The molecule has 5 aromatic rings. The summed E-state index contributed by atoms with van der Waals surface area (Å²) in [5.74, 6) is 0.885. The number of aromatic nitrogens is 2. The topological polar surface area (TPSA) is 17.8 Å². The lowest BCUT2D eigenvalue weighted by atomic mass is 10.0. The standard InChI is InChI=1S/C27H19ClN2/c28-23-18-16-22(17-19-23)27-29-25(20-10-4-1-5-11-20)26(21-12-6-2-7-13-21)30(27)24-14-8-3-9-15-24/h1-19H. The van der Waals surface area contributed by atoms with Crippen LogP contribution in [0.25, 0.3) is 39.6 Å². The number of nitrogens with zero attached hydrogens (tertiary/aromatic N) is 2. The number of halogens is 1. The molecule has 0 atom stereocenters. The Morgan fingerprint density at radius 3 is 1.67 bits per heavy atom. The number of hydrogen-bond acceptors (Lipinski definition) is 1. The van der Waals surface area contributed by atoms with Gasteiger partial charge in [0.05, 0.1) is 11.4 Å². The van der Waals surface area contributed by atoms with Gasteiger partial charge in [-0.05, 0) is 36.4 Å². The van der Waals surface area contributed by atoms with Crippen LogP contribution in [0.5, 0.6) is 0 Å². The highest BCUT2D eigenvalue weighted by Crippen LogP contribution is 2.38. The van der Waals surface area contributed by atoms with Crippen LogP contribution in [-0.2, 0) is 0 Å². The number of hydrogen-bond donors (Lipinski definition) is 0. The normalized spacial score (nSPS) is 10.8. The van der Waals surface area contributed by atoms with Gasteiger partial charge in [-0.3, -0.25) is 4.57 Å². The molecule has 4 aromatic carbocycles. The summed E-state index contributed by atoms with van der Waals surface area (Å²) in [5, 5.41) is 0.711. The van der Waals surface area contributed by atoms with Crippen LogP contribution in [0.4, 0.5) is 0 Å². The Balaban J connectivity index is 1.88. The first-order valence-corrected chi connectivity index (χ1v) is 10.2. The summed E-state index contributed by atoms with van der Waals surface area (Å²) in [6.45, 7) is 0. The second kappa shape index (κ2) is 8.02. The molecule has 2 nitrogen and oxygen atoms in total. The zero-order chi connectivity index (χ0) is 20.3. The van der Waals surface area contributed by atoms with Gasteiger partial charge in [0.2, 0.25) is 0 Å². The number of rotatable bonds is 4. The summed E-state index contributed by atoms with van der Waals surface area (Å²) < 4.78 is 2.24. The molecule has 0 aliphatic rings. The first-order valence-electron chi connectivity index (χ1n) is 9.86. The molecule has 0 amide bonds. The molecule has 0 bridgehead atoms. The fraction of sp³-hybridized carbons (Fsp3) is 0. The number of benzene rings is 4. The zero-order valence-corrected chi connectivity index (χ0v) is 17.0. The minimum absolute atomic E-state index is 0.711. The van der Waals surface area contributed by atoms with Crippen molar-refractivity contribution in [3.63, 3.8) is 0 Å². The largest absolute Gasteiger partial charge is 0.292 e. The van der Waals surface area contributed by atoms with E-state index in [2.05, 4.69) is 65.2 Å². The summed E-state index contributed by atoms with van der Waals surface area (Å²) in [6, 6.07) is 39.0. The van der Waals surface area contributed by atoms with E-state index in [1.807, 2.05) is 54.6 Å². The van der Waals surface area contributed by atoms with Gasteiger partial charge >= 0.3 is 0 Å². The predicted octanol–water partition coefficient (Wildman–Crippen LogP) is 7.53. The van der Waals surface area contributed by atoms with Crippen molar-refractivity contribution in [2.24, 2.45) is 0 Å². The van der Waals surface area contributed by atoms with E-state index in [4.69, 9.17) is 16.6 Å². The van der Waals surface area contributed by atoms with Gasteiger partial charge in [0.25, 0.3) is 0 Å². The Kier molecular flexibility index (Phi) is 4.92. The van der Waals surface area contributed by atoms with E-state index in [0.717, 1.165) is 39.6 Å². The molecule has 30 heavy (non-hydrogen) atoms. The van der Waals surface area contributed by atoms with Crippen LogP contribution >= 0.6 is 11.6 Å². The average molecular weight is 407 g/mol. The molecule has 0 aliphatic heterocycles. The highest BCUT2D eigenvalue weighted by atomic mass is 35.5. The van der Waals surface area contributed by atoms with Crippen molar-refractivity contribution < 1.29 is 0 Å². The third kappa shape index (κ3) is 3.42. The Morgan fingerprint density at radius 1 is 0.533 bits per heavy atom. The summed E-state index contributed by atoms with van der Waals surface area (Å²) in [5.41, 5.74) is 6.31. The van der Waals surface area contributed by atoms with Crippen LogP contribution < -0.4 is 0 Å². The summed E-state index contributed by atoms with van der Waals surface area (Å²) in [7, 11) is 0. The van der Waals surface area contributed by atoms with E-state index < -0.39 is 0 Å². The van der Waals surface area contributed by atoms with Gasteiger partial charge in [-0.1, -0.05) is 90.5 Å². The molecule has 0 aliphatic carbocycles. The lowest BCUT2D eigenvalue weighted by Gasteiger charge is -2.13. The van der Waals surface area contributed by atoms with E-state index in [1.54, 1.807) is 0 Å². The van der Waals surface area contributed by atoms with Crippen LogP contribution in [0.1, 0.15) is 0 Å². The monoisotopic (exact) mass is 406 g/mol. The van der Waals surface area contributed by atoms with Crippen molar-refractivity contribution in [3.05, 3.63) is 120 Å². The lowest BCUT2D eigenvalue weighted by Crippen LogP contribution is -2.00. The van der Waals surface area contributed by atoms with E-state index in [-0.39, 0.29) is 0 Å². The Bertz CT molecular complexity index is 1260. The zero-order valence-electron chi connectivity index (χ0n) is 16.2. The lowest BCUT2D eigenvalue weighted by molar-refractivity contribution is 1.07. The van der Waals surface area contributed by atoms with Gasteiger partial charge in [0, 0.05) is 27.4 Å². The highest BCUT2D eigenvalue weighted by Gasteiger charge is 2.22.